The largest absolute Gasteiger partial charge is 0.338 e. The average Bonchev–Trinajstić information content (AvgIpc) is 2.64. The number of carbonyl (C=O) groups is 1. The van der Waals surface area contributed by atoms with Gasteiger partial charge in [0, 0.05) is 28.7 Å². The van der Waals surface area contributed by atoms with E-state index in [0.29, 0.717) is 16.3 Å². The molecule has 1 amide bonds. The summed E-state index contributed by atoms with van der Waals surface area (Å²) >= 11 is 5.85. The number of hydrogen-bond donors (Lipinski definition) is 2. The van der Waals surface area contributed by atoms with E-state index in [1.165, 1.54) is 30.6 Å². The lowest BCUT2D eigenvalue weighted by atomic mass is 10.2. The van der Waals surface area contributed by atoms with Crippen molar-refractivity contribution in [2.24, 2.45) is 0 Å². The molecule has 0 aliphatic heterocycles. The van der Waals surface area contributed by atoms with Gasteiger partial charge >= 0.3 is 0 Å². The van der Waals surface area contributed by atoms with E-state index in [1.807, 2.05) is 6.07 Å². The first-order valence-corrected chi connectivity index (χ1v) is 7.79. The maximum Gasteiger partial charge on any atom is 0.255 e. The monoisotopic (exact) mass is 367 g/mol. The fraction of sp³-hybridized carbons (Fsp3) is 0. The average molecular weight is 368 g/mol. The molecule has 0 fully saturated rings. The summed E-state index contributed by atoms with van der Waals surface area (Å²) in [6.07, 6.45) is 2.80. The van der Waals surface area contributed by atoms with Gasteiger partial charge < -0.3 is 10.6 Å². The Morgan fingerprint density at radius 2 is 1.96 bits per heavy atom. The lowest BCUT2D eigenvalue weighted by molar-refractivity contribution is 0.102. The Balaban J connectivity index is 1.77. The second kappa shape index (κ2) is 7.59. The van der Waals surface area contributed by atoms with Gasteiger partial charge in [0.25, 0.3) is 5.91 Å². The van der Waals surface area contributed by atoms with Gasteiger partial charge in [0.05, 0.1) is 5.69 Å². The van der Waals surface area contributed by atoms with Crippen LogP contribution in [0.5, 0.6) is 0 Å². The van der Waals surface area contributed by atoms with Crippen LogP contribution < -0.4 is 10.6 Å². The van der Waals surface area contributed by atoms with Crippen LogP contribution in [0, 0.1) is 17.1 Å². The highest BCUT2D eigenvalue weighted by atomic mass is 35.5. The molecule has 26 heavy (non-hydrogen) atoms. The highest BCUT2D eigenvalue weighted by Crippen LogP contribution is 2.23. The van der Waals surface area contributed by atoms with Gasteiger partial charge in [-0.15, -0.1) is 0 Å². The summed E-state index contributed by atoms with van der Waals surface area (Å²) in [5, 5.41) is 14.7. The Morgan fingerprint density at radius 3 is 2.69 bits per heavy atom. The van der Waals surface area contributed by atoms with Crippen molar-refractivity contribution in [1.29, 1.82) is 5.26 Å². The van der Waals surface area contributed by atoms with Crippen molar-refractivity contribution in [3.63, 3.8) is 0 Å². The number of nitrogens with zero attached hydrogens (tertiary/aromatic N) is 3. The minimum Gasteiger partial charge on any atom is -0.338 e. The van der Waals surface area contributed by atoms with Crippen LogP contribution in [0.1, 0.15) is 16.1 Å². The molecule has 0 bridgehead atoms. The molecule has 1 aromatic heterocycles. The summed E-state index contributed by atoms with van der Waals surface area (Å²) in [5.74, 6) is -0.911. The number of hydrogen-bond acceptors (Lipinski definition) is 5. The van der Waals surface area contributed by atoms with Crippen molar-refractivity contribution in [2.75, 3.05) is 10.6 Å². The first kappa shape index (κ1) is 17.3. The van der Waals surface area contributed by atoms with E-state index in [9.17, 15) is 9.18 Å². The molecule has 0 spiro atoms. The molecule has 2 N–H and O–H groups in total. The lowest BCUT2D eigenvalue weighted by Gasteiger charge is -2.10. The van der Waals surface area contributed by atoms with Gasteiger partial charge in [-0.05, 0) is 36.4 Å². The number of anilines is 3. The highest BCUT2D eigenvalue weighted by Gasteiger charge is 2.11. The molecule has 0 radical (unpaired) electrons. The first-order valence-electron chi connectivity index (χ1n) is 7.41. The second-order valence-electron chi connectivity index (χ2n) is 5.15. The standard InChI is InChI=1S/C18H11ClFN5O/c19-12-3-1-2-11(8-12)18(26)25-15-5-4-13(9-14(15)20)24-17-16(10-21)22-6-7-23-17/h1-9H,(H,23,24)(H,25,26). The van der Waals surface area contributed by atoms with Crippen LogP contribution >= 0.6 is 11.6 Å². The fourth-order valence-corrected chi connectivity index (χ4v) is 2.36. The van der Waals surface area contributed by atoms with Crippen LogP contribution in [0.2, 0.25) is 5.02 Å². The van der Waals surface area contributed by atoms with Crippen molar-refractivity contribution in [1.82, 2.24) is 9.97 Å². The molecular formula is C18H11ClFN5O. The molecule has 0 saturated heterocycles. The Labute approximate surface area is 153 Å². The van der Waals surface area contributed by atoms with E-state index in [1.54, 1.807) is 24.3 Å². The normalized spacial score (nSPS) is 10.0. The highest BCUT2D eigenvalue weighted by molar-refractivity contribution is 6.31. The third-order valence-electron chi connectivity index (χ3n) is 3.37. The van der Waals surface area contributed by atoms with E-state index >= 15 is 0 Å². The number of nitrogens with one attached hydrogen (secondary N) is 2. The molecule has 0 unspecified atom stereocenters. The Kier molecular flexibility index (Phi) is 5.06. The van der Waals surface area contributed by atoms with Crippen LogP contribution in [0.25, 0.3) is 0 Å². The van der Waals surface area contributed by atoms with E-state index in [0.717, 1.165) is 0 Å². The number of carbonyl (C=O) groups excluding carboxylic acids is 1. The van der Waals surface area contributed by atoms with E-state index in [4.69, 9.17) is 16.9 Å². The fourth-order valence-electron chi connectivity index (χ4n) is 2.17. The molecule has 3 aromatic rings. The maximum atomic E-state index is 14.3. The molecule has 128 valence electrons. The minimum atomic E-state index is -0.646. The molecule has 0 saturated carbocycles. The summed E-state index contributed by atoms with van der Waals surface area (Å²) in [4.78, 5) is 20.0. The predicted molar refractivity (Wildman–Crippen MR) is 95.8 cm³/mol. The molecule has 8 heteroatoms. The van der Waals surface area contributed by atoms with E-state index < -0.39 is 11.7 Å². The molecule has 3 rings (SSSR count). The van der Waals surface area contributed by atoms with Gasteiger partial charge in [-0.25, -0.2) is 14.4 Å². The van der Waals surface area contributed by atoms with E-state index in [-0.39, 0.29) is 17.2 Å². The molecule has 0 aliphatic carbocycles. The van der Waals surface area contributed by atoms with Crippen LogP contribution in [-0.2, 0) is 0 Å². The van der Waals surface area contributed by atoms with Gasteiger partial charge in [0.1, 0.15) is 11.9 Å². The predicted octanol–water partition coefficient (Wildman–Crippen LogP) is 4.14. The van der Waals surface area contributed by atoms with Gasteiger partial charge in [-0.3, -0.25) is 4.79 Å². The van der Waals surface area contributed by atoms with Crippen LogP contribution in [0.15, 0.2) is 54.9 Å². The maximum absolute atomic E-state index is 14.3. The van der Waals surface area contributed by atoms with Crippen molar-refractivity contribution < 1.29 is 9.18 Å². The third-order valence-corrected chi connectivity index (χ3v) is 3.61. The minimum absolute atomic E-state index is 0.0141. The van der Waals surface area contributed by atoms with Crippen LogP contribution in [0.4, 0.5) is 21.6 Å². The number of amides is 1. The molecule has 2 aromatic carbocycles. The second-order valence-corrected chi connectivity index (χ2v) is 5.59. The van der Waals surface area contributed by atoms with Gasteiger partial charge in [-0.1, -0.05) is 17.7 Å². The topological polar surface area (TPSA) is 90.7 Å². The zero-order valence-corrected chi connectivity index (χ0v) is 14.0. The number of halogens is 2. The molecular weight excluding hydrogens is 357 g/mol. The number of nitriles is 1. The van der Waals surface area contributed by atoms with Crippen LogP contribution in [-0.4, -0.2) is 15.9 Å². The number of benzene rings is 2. The zero-order chi connectivity index (χ0) is 18.5. The first-order chi connectivity index (χ1) is 12.6. The summed E-state index contributed by atoms with van der Waals surface area (Å²) < 4.78 is 14.3. The zero-order valence-electron chi connectivity index (χ0n) is 13.2. The Morgan fingerprint density at radius 1 is 1.15 bits per heavy atom. The summed E-state index contributed by atoms with van der Waals surface area (Å²) in [6.45, 7) is 0. The van der Waals surface area contributed by atoms with Gasteiger partial charge in [0.15, 0.2) is 11.5 Å². The third kappa shape index (κ3) is 3.94. The molecule has 1 heterocycles. The Hall–Kier alpha value is -3.50. The van der Waals surface area contributed by atoms with Crippen molar-refractivity contribution in [3.05, 3.63) is 77.0 Å². The quantitative estimate of drug-likeness (QED) is 0.723. The summed E-state index contributed by atoms with van der Waals surface area (Å²) in [6, 6.07) is 12.4. The summed E-state index contributed by atoms with van der Waals surface area (Å²) in [5.41, 5.74) is 0.781. The van der Waals surface area contributed by atoms with Crippen LogP contribution in [0.3, 0.4) is 0 Å². The molecule has 6 nitrogen and oxygen atoms in total. The van der Waals surface area contributed by atoms with Gasteiger partial charge in [0.2, 0.25) is 0 Å². The number of aromatic nitrogens is 2. The van der Waals surface area contributed by atoms with Crippen molar-refractivity contribution >= 4 is 34.7 Å². The number of rotatable bonds is 4. The smallest absolute Gasteiger partial charge is 0.255 e. The molecule has 0 atom stereocenters. The van der Waals surface area contributed by atoms with Crippen molar-refractivity contribution in [2.45, 2.75) is 0 Å². The SMILES string of the molecule is N#Cc1nccnc1Nc1ccc(NC(=O)c2cccc(Cl)c2)c(F)c1. The molecule has 0 aliphatic rings. The Bertz CT molecular complexity index is 1020. The summed E-state index contributed by atoms with van der Waals surface area (Å²) in [7, 11) is 0. The van der Waals surface area contributed by atoms with Gasteiger partial charge in [-0.2, -0.15) is 5.26 Å². The van der Waals surface area contributed by atoms with Crippen molar-refractivity contribution in [3.8, 4) is 6.07 Å². The van der Waals surface area contributed by atoms with E-state index in [2.05, 4.69) is 20.6 Å². The lowest BCUT2D eigenvalue weighted by Crippen LogP contribution is -2.13.